The molecule has 1 fully saturated rings. The van der Waals surface area contributed by atoms with E-state index in [4.69, 9.17) is 19.9 Å². The first-order valence-corrected chi connectivity index (χ1v) is 19.9. The average Bonchev–Trinajstić information content (AvgIpc) is 3.64. The van der Waals surface area contributed by atoms with Gasteiger partial charge in [0.2, 0.25) is 0 Å². The first kappa shape index (κ1) is 43.6. The standard InChI is InChI=1S/C29H31N3S.C6H12.C2H4O2.3C2H6/c1-21-11-13-23(14-12-21)27-10-4-6-22(18-30-27)16-29-31-19-25-9-5-8-24(17-28(25)32-29)26-7-2-3-15-33-20-26;1-2-4-6-5-3-1;1-2(3)4;3*1-2/h4-6,9,11-14,17-18,20H,2-3,7-8,10,15-16,19H2,1H3,(H,31,32);1-6H2;1H3,(H,3,4);3*1-2H3. The quantitative estimate of drug-likeness (QED) is 0.330. The van der Waals surface area contributed by atoms with Crippen molar-refractivity contribution in [2.45, 2.75) is 132 Å². The third-order valence-electron chi connectivity index (χ3n) is 7.92. The Labute approximate surface area is 303 Å². The highest BCUT2D eigenvalue weighted by Gasteiger charge is 2.17. The number of aryl methyl sites for hydroxylation is 1. The molecule has 0 aromatic heterocycles. The van der Waals surface area contributed by atoms with Gasteiger partial charge in [-0.25, -0.2) is 0 Å². The summed E-state index contributed by atoms with van der Waals surface area (Å²) in [5, 5.41) is 13.4. The lowest BCUT2D eigenvalue weighted by Crippen LogP contribution is -2.28. The molecule has 0 saturated heterocycles. The van der Waals surface area contributed by atoms with Gasteiger partial charge in [-0.3, -0.25) is 14.8 Å². The van der Waals surface area contributed by atoms with Crippen LogP contribution in [0.5, 0.6) is 0 Å². The van der Waals surface area contributed by atoms with Gasteiger partial charge in [0.15, 0.2) is 0 Å². The number of carboxylic acids is 1. The van der Waals surface area contributed by atoms with Crippen molar-refractivity contribution in [2.75, 3.05) is 12.3 Å². The second kappa shape index (κ2) is 27.4. The summed E-state index contributed by atoms with van der Waals surface area (Å²) in [5.41, 5.74) is 10.2. The van der Waals surface area contributed by atoms with Gasteiger partial charge in [-0.15, -0.1) is 11.8 Å². The molecule has 270 valence electrons. The van der Waals surface area contributed by atoms with Crippen LogP contribution in [-0.2, 0) is 4.79 Å². The van der Waals surface area contributed by atoms with Crippen LogP contribution >= 0.6 is 11.8 Å². The molecule has 1 saturated carbocycles. The molecule has 3 aliphatic heterocycles. The lowest BCUT2D eigenvalue weighted by atomic mass is 9.98. The van der Waals surface area contributed by atoms with Crippen molar-refractivity contribution in [3.05, 3.63) is 105 Å². The van der Waals surface area contributed by atoms with Crippen LogP contribution in [0, 0.1) is 6.92 Å². The van der Waals surface area contributed by atoms with Crippen molar-refractivity contribution in [1.82, 2.24) is 5.32 Å². The Morgan fingerprint density at radius 2 is 1.45 bits per heavy atom. The van der Waals surface area contributed by atoms with E-state index in [1.54, 1.807) is 0 Å². The summed E-state index contributed by atoms with van der Waals surface area (Å²) in [7, 11) is 0. The summed E-state index contributed by atoms with van der Waals surface area (Å²) < 4.78 is 0. The molecule has 0 unspecified atom stereocenters. The van der Waals surface area contributed by atoms with E-state index in [1.807, 2.05) is 59.5 Å². The van der Waals surface area contributed by atoms with Crippen molar-refractivity contribution < 1.29 is 9.90 Å². The monoisotopic (exact) mass is 687 g/mol. The zero-order valence-electron chi connectivity index (χ0n) is 31.9. The largest absolute Gasteiger partial charge is 0.481 e. The van der Waals surface area contributed by atoms with E-state index in [9.17, 15) is 0 Å². The number of amidine groups is 1. The van der Waals surface area contributed by atoms with E-state index >= 15 is 0 Å². The smallest absolute Gasteiger partial charge is 0.300 e. The minimum Gasteiger partial charge on any atom is -0.481 e. The van der Waals surface area contributed by atoms with Crippen molar-refractivity contribution in [3.63, 3.8) is 0 Å². The summed E-state index contributed by atoms with van der Waals surface area (Å²) in [6.07, 6.45) is 28.7. The molecular weight excluding hydrogens is 623 g/mol. The Kier molecular flexibility index (Phi) is 24.4. The number of nitrogens with zero attached hydrogens (tertiary/aromatic N) is 2. The normalized spacial score (nSPS) is 17.8. The highest BCUT2D eigenvalue weighted by molar-refractivity contribution is 8.02. The van der Waals surface area contributed by atoms with Crippen LogP contribution in [0.1, 0.15) is 137 Å². The van der Waals surface area contributed by atoms with Gasteiger partial charge in [0, 0.05) is 31.7 Å². The second-order valence-corrected chi connectivity index (χ2v) is 12.6. The van der Waals surface area contributed by atoms with Crippen LogP contribution in [0.15, 0.2) is 104 Å². The Morgan fingerprint density at radius 1 is 0.837 bits per heavy atom. The Hall–Kier alpha value is -3.38. The molecule has 0 radical (unpaired) electrons. The van der Waals surface area contributed by atoms with Crippen LogP contribution in [0.4, 0.5) is 0 Å². The summed E-state index contributed by atoms with van der Waals surface area (Å²) in [5.74, 6) is 1.43. The van der Waals surface area contributed by atoms with E-state index in [0.717, 1.165) is 44.3 Å². The van der Waals surface area contributed by atoms with Crippen LogP contribution in [0.25, 0.3) is 0 Å². The van der Waals surface area contributed by atoms with Gasteiger partial charge in [0.1, 0.15) is 5.84 Å². The van der Waals surface area contributed by atoms with Crippen molar-refractivity contribution in [1.29, 1.82) is 0 Å². The molecule has 0 bridgehead atoms. The zero-order valence-corrected chi connectivity index (χ0v) is 32.7. The summed E-state index contributed by atoms with van der Waals surface area (Å²) in [4.78, 5) is 18.7. The number of aliphatic imine (C=N–C) groups is 2. The molecule has 5 aliphatic rings. The number of rotatable bonds is 4. The maximum absolute atomic E-state index is 9.00. The number of benzene rings is 1. The molecular formula is C43H65N3O2S. The molecule has 0 spiro atoms. The van der Waals surface area contributed by atoms with Crippen molar-refractivity contribution in [2.24, 2.45) is 9.98 Å². The van der Waals surface area contributed by atoms with Crippen LogP contribution in [0.3, 0.4) is 0 Å². The van der Waals surface area contributed by atoms with Crippen LogP contribution in [0.2, 0.25) is 0 Å². The van der Waals surface area contributed by atoms with Gasteiger partial charge in [-0.2, -0.15) is 0 Å². The molecule has 0 atom stereocenters. The first-order valence-electron chi connectivity index (χ1n) is 18.9. The van der Waals surface area contributed by atoms with Gasteiger partial charge in [0.05, 0.1) is 12.3 Å². The molecule has 2 aliphatic carbocycles. The average molecular weight is 688 g/mol. The number of thioether (sulfide) groups is 1. The second-order valence-electron chi connectivity index (χ2n) is 11.6. The molecule has 5 nitrogen and oxygen atoms in total. The predicted molar refractivity (Wildman–Crippen MR) is 218 cm³/mol. The maximum atomic E-state index is 9.00. The lowest BCUT2D eigenvalue weighted by molar-refractivity contribution is -0.134. The number of carbonyl (C=O) groups is 1. The number of hydrogen-bond donors (Lipinski definition) is 2. The maximum Gasteiger partial charge on any atom is 0.300 e. The van der Waals surface area contributed by atoms with E-state index in [2.05, 4.69) is 72.3 Å². The molecule has 6 rings (SSSR count). The Morgan fingerprint density at radius 3 is 2.08 bits per heavy atom. The third-order valence-corrected chi connectivity index (χ3v) is 8.90. The number of allylic oxidation sites excluding steroid dienone is 6. The first-order chi connectivity index (χ1) is 24.0. The third kappa shape index (κ3) is 17.7. The van der Waals surface area contributed by atoms with Crippen LogP contribution < -0.4 is 5.32 Å². The fourth-order valence-corrected chi connectivity index (χ4v) is 6.49. The van der Waals surface area contributed by atoms with Gasteiger partial charge < -0.3 is 10.4 Å². The summed E-state index contributed by atoms with van der Waals surface area (Å²) >= 11 is 1.96. The van der Waals surface area contributed by atoms with Crippen molar-refractivity contribution in [3.8, 4) is 0 Å². The highest BCUT2D eigenvalue weighted by atomic mass is 32.2. The number of hydrogen-bond acceptors (Lipinski definition) is 5. The topological polar surface area (TPSA) is 74.0 Å². The zero-order chi connectivity index (χ0) is 36.3. The molecule has 6 heteroatoms. The minimum atomic E-state index is -0.833. The Balaban J connectivity index is 0.000000633. The minimum absolute atomic E-state index is 0.737. The SMILES string of the molecule is C1CCCCC1.CC.CC.CC.CC(=O)O.Cc1ccc(C2=NC=C(CC3=NCC4=C(C=C(C5=CSCCCC5)CC=C4)N3)C=CC2)cc1. The number of nitrogens with one attached hydrogen (secondary N) is 1. The van der Waals surface area contributed by atoms with E-state index in [1.165, 1.54) is 103 Å². The number of carboxylic acid groups (broad SMARTS) is 1. The lowest BCUT2D eigenvalue weighted by Gasteiger charge is -2.19. The van der Waals surface area contributed by atoms with Gasteiger partial charge in [-0.1, -0.05) is 134 Å². The Bertz CT molecular complexity index is 1340. The molecule has 1 aromatic carbocycles. The van der Waals surface area contributed by atoms with Gasteiger partial charge >= 0.3 is 0 Å². The summed E-state index contributed by atoms with van der Waals surface area (Å²) in [6, 6.07) is 8.62. The number of aliphatic carboxylic acids is 1. The highest BCUT2D eigenvalue weighted by Crippen LogP contribution is 2.31. The van der Waals surface area contributed by atoms with E-state index in [0.29, 0.717) is 0 Å². The van der Waals surface area contributed by atoms with Crippen LogP contribution in [-0.4, -0.2) is 34.9 Å². The van der Waals surface area contributed by atoms with Crippen molar-refractivity contribution >= 4 is 29.3 Å². The van der Waals surface area contributed by atoms with Gasteiger partial charge in [-0.05, 0) is 77.7 Å². The van der Waals surface area contributed by atoms with E-state index < -0.39 is 5.97 Å². The molecule has 0 amide bonds. The molecule has 3 heterocycles. The predicted octanol–water partition coefficient (Wildman–Crippen LogP) is 12.5. The molecule has 2 N–H and O–H groups in total. The van der Waals surface area contributed by atoms with E-state index in [-0.39, 0.29) is 0 Å². The molecule has 1 aromatic rings. The summed E-state index contributed by atoms with van der Waals surface area (Å²) in [6.45, 7) is 15.9. The molecule has 49 heavy (non-hydrogen) atoms. The fourth-order valence-electron chi connectivity index (χ4n) is 5.53. The fraction of sp³-hybridized carbons (Fsp3) is 0.512. The van der Waals surface area contributed by atoms with Gasteiger partial charge in [0.25, 0.3) is 5.97 Å².